The lowest BCUT2D eigenvalue weighted by Gasteiger charge is -2.19. The van der Waals surface area contributed by atoms with Gasteiger partial charge in [-0.1, -0.05) is 17.3 Å². The molecule has 0 aliphatic rings. The highest BCUT2D eigenvalue weighted by Gasteiger charge is 2.11. The number of amides is 1. The van der Waals surface area contributed by atoms with Gasteiger partial charge in [0.1, 0.15) is 11.6 Å². The molecule has 0 unspecified atom stereocenters. The minimum Gasteiger partial charge on any atom is -0.372 e. The van der Waals surface area contributed by atoms with Crippen molar-refractivity contribution in [3.63, 3.8) is 0 Å². The van der Waals surface area contributed by atoms with Crippen LogP contribution < -0.4 is 10.2 Å². The van der Waals surface area contributed by atoms with Gasteiger partial charge in [0.15, 0.2) is 0 Å². The summed E-state index contributed by atoms with van der Waals surface area (Å²) in [5, 5.41) is 6.68. The molecule has 6 nitrogen and oxygen atoms in total. The van der Waals surface area contributed by atoms with Gasteiger partial charge in [0.2, 0.25) is 17.6 Å². The number of carbonyl (C=O) groups is 1. The van der Waals surface area contributed by atoms with Gasteiger partial charge in [-0.05, 0) is 42.8 Å². The topological polar surface area (TPSA) is 71.3 Å². The molecular formula is C21H22F2N4O2. The summed E-state index contributed by atoms with van der Waals surface area (Å²) in [4.78, 5) is 18.0. The van der Waals surface area contributed by atoms with E-state index in [1.807, 2.05) is 11.9 Å². The number of hydrogen-bond donors (Lipinski definition) is 1. The number of benzene rings is 2. The highest BCUT2D eigenvalue weighted by atomic mass is 19.1. The first-order valence-electron chi connectivity index (χ1n) is 9.34. The molecule has 1 amide bonds. The monoisotopic (exact) mass is 400 g/mol. The van der Waals surface area contributed by atoms with E-state index in [0.717, 1.165) is 0 Å². The molecule has 8 heteroatoms. The van der Waals surface area contributed by atoms with Crippen molar-refractivity contribution in [2.45, 2.75) is 19.3 Å². The molecule has 29 heavy (non-hydrogen) atoms. The normalized spacial score (nSPS) is 10.7. The number of para-hydroxylation sites is 1. The molecule has 1 N–H and O–H groups in total. The standard InChI is InChI=1S/C21H22F2N4O2/c1-27(18-6-3-2-5-17(18)23)14-4-13-24-19(28)11-12-20-25-21(26-29-20)15-7-9-16(22)10-8-15/h2-3,5-10H,4,11-14H2,1H3,(H,24,28). The van der Waals surface area contributed by atoms with Gasteiger partial charge in [-0.15, -0.1) is 0 Å². The Morgan fingerprint density at radius 2 is 1.90 bits per heavy atom. The lowest BCUT2D eigenvalue weighted by atomic mass is 10.2. The van der Waals surface area contributed by atoms with Crippen LogP contribution in [0.2, 0.25) is 0 Å². The minimum atomic E-state index is -0.339. The molecule has 1 heterocycles. The third kappa shape index (κ3) is 5.84. The molecule has 1 aromatic heterocycles. The van der Waals surface area contributed by atoms with Crippen LogP contribution in [0.25, 0.3) is 11.4 Å². The molecule has 0 spiro atoms. The molecule has 0 saturated carbocycles. The van der Waals surface area contributed by atoms with Crippen molar-refractivity contribution in [1.29, 1.82) is 0 Å². The van der Waals surface area contributed by atoms with E-state index in [0.29, 0.717) is 48.9 Å². The molecule has 0 bridgehead atoms. The van der Waals surface area contributed by atoms with Crippen molar-refractivity contribution in [2.75, 3.05) is 25.0 Å². The quantitative estimate of drug-likeness (QED) is 0.556. The predicted octanol–water partition coefficient (Wildman–Crippen LogP) is 3.59. The van der Waals surface area contributed by atoms with Crippen LogP contribution in [0.4, 0.5) is 14.5 Å². The SMILES string of the molecule is CN(CCCNC(=O)CCc1nc(-c2ccc(F)cc2)no1)c1ccccc1F. The van der Waals surface area contributed by atoms with Gasteiger partial charge in [-0.2, -0.15) is 4.98 Å². The summed E-state index contributed by atoms with van der Waals surface area (Å²) in [5.41, 5.74) is 1.18. The van der Waals surface area contributed by atoms with Crippen molar-refractivity contribution >= 4 is 11.6 Å². The fourth-order valence-electron chi connectivity index (χ4n) is 2.81. The number of nitrogens with zero attached hydrogens (tertiary/aromatic N) is 3. The van der Waals surface area contributed by atoms with Crippen molar-refractivity contribution in [1.82, 2.24) is 15.5 Å². The number of nitrogens with one attached hydrogen (secondary N) is 1. The molecule has 3 rings (SSSR count). The highest BCUT2D eigenvalue weighted by molar-refractivity contribution is 5.76. The number of aryl methyl sites for hydroxylation is 1. The van der Waals surface area contributed by atoms with Crippen LogP contribution in [0.15, 0.2) is 53.1 Å². The van der Waals surface area contributed by atoms with Gasteiger partial charge in [-0.3, -0.25) is 4.79 Å². The molecule has 0 aliphatic carbocycles. The fourth-order valence-corrected chi connectivity index (χ4v) is 2.81. The summed E-state index contributed by atoms with van der Waals surface area (Å²) < 4.78 is 31.8. The Hall–Kier alpha value is -3.29. The van der Waals surface area contributed by atoms with E-state index in [1.165, 1.54) is 18.2 Å². The number of carbonyl (C=O) groups excluding carboxylic acids is 1. The second-order valence-corrected chi connectivity index (χ2v) is 6.60. The lowest BCUT2D eigenvalue weighted by molar-refractivity contribution is -0.121. The Bertz CT molecular complexity index is 944. The lowest BCUT2D eigenvalue weighted by Crippen LogP contribution is -2.28. The zero-order valence-electron chi connectivity index (χ0n) is 16.1. The first-order chi connectivity index (χ1) is 14.0. The third-order valence-corrected chi connectivity index (χ3v) is 4.39. The first kappa shape index (κ1) is 20.4. The number of anilines is 1. The molecule has 2 aromatic carbocycles. The number of halogens is 2. The van der Waals surface area contributed by atoms with Crippen LogP contribution in [0.5, 0.6) is 0 Å². The summed E-state index contributed by atoms with van der Waals surface area (Å²) in [6.07, 6.45) is 1.22. The molecule has 0 atom stereocenters. The summed E-state index contributed by atoms with van der Waals surface area (Å²) in [6.45, 7) is 1.11. The van der Waals surface area contributed by atoms with Crippen LogP contribution >= 0.6 is 0 Å². The molecular weight excluding hydrogens is 378 g/mol. The van der Waals surface area contributed by atoms with Gasteiger partial charge in [-0.25, -0.2) is 8.78 Å². The van der Waals surface area contributed by atoms with Gasteiger partial charge in [0.25, 0.3) is 0 Å². The summed E-state index contributed by atoms with van der Waals surface area (Å²) in [7, 11) is 1.81. The molecule has 0 radical (unpaired) electrons. The van der Waals surface area contributed by atoms with Crippen molar-refractivity contribution in [2.24, 2.45) is 0 Å². The van der Waals surface area contributed by atoms with E-state index in [-0.39, 0.29) is 24.0 Å². The molecule has 3 aromatic rings. The molecule has 0 saturated heterocycles. The van der Waals surface area contributed by atoms with Gasteiger partial charge >= 0.3 is 0 Å². The average Bonchev–Trinajstić information content (AvgIpc) is 3.19. The summed E-state index contributed by atoms with van der Waals surface area (Å²) >= 11 is 0. The largest absolute Gasteiger partial charge is 0.372 e. The number of aromatic nitrogens is 2. The fraction of sp³-hybridized carbons (Fsp3) is 0.286. The Balaban J connectivity index is 1.37. The van der Waals surface area contributed by atoms with Crippen molar-refractivity contribution in [3.8, 4) is 11.4 Å². The molecule has 0 aliphatic heterocycles. The van der Waals surface area contributed by atoms with Crippen LogP contribution in [-0.2, 0) is 11.2 Å². The third-order valence-electron chi connectivity index (χ3n) is 4.39. The summed E-state index contributed by atoms with van der Waals surface area (Å²) in [5.74, 6) is -0.0248. The number of hydrogen-bond acceptors (Lipinski definition) is 5. The highest BCUT2D eigenvalue weighted by Crippen LogP contribution is 2.17. The number of rotatable bonds is 9. The smallest absolute Gasteiger partial charge is 0.227 e. The summed E-state index contributed by atoms with van der Waals surface area (Å²) in [6, 6.07) is 12.4. The van der Waals surface area contributed by atoms with Crippen LogP contribution in [-0.4, -0.2) is 36.2 Å². The Labute approximate surface area is 167 Å². The Morgan fingerprint density at radius 1 is 1.14 bits per heavy atom. The second-order valence-electron chi connectivity index (χ2n) is 6.60. The van der Waals surface area contributed by atoms with E-state index in [1.54, 1.807) is 30.3 Å². The Kier molecular flexibility index (Phi) is 6.89. The first-order valence-corrected chi connectivity index (χ1v) is 9.34. The van der Waals surface area contributed by atoms with Crippen LogP contribution in [0.1, 0.15) is 18.7 Å². The van der Waals surface area contributed by atoms with Crippen LogP contribution in [0.3, 0.4) is 0 Å². The minimum absolute atomic E-state index is 0.125. The van der Waals surface area contributed by atoms with E-state index in [2.05, 4.69) is 15.5 Å². The maximum absolute atomic E-state index is 13.7. The zero-order chi connectivity index (χ0) is 20.6. The molecule has 0 fully saturated rings. The van der Waals surface area contributed by atoms with Crippen LogP contribution in [0, 0.1) is 11.6 Å². The molecule has 152 valence electrons. The average molecular weight is 400 g/mol. The van der Waals surface area contributed by atoms with Crippen molar-refractivity contribution < 1.29 is 18.1 Å². The van der Waals surface area contributed by atoms with Gasteiger partial charge in [0.05, 0.1) is 5.69 Å². The predicted molar refractivity (Wildman–Crippen MR) is 105 cm³/mol. The van der Waals surface area contributed by atoms with E-state index in [9.17, 15) is 13.6 Å². The van der Waals surface area contributed by atoms with E-state index in [4.69, 9.17) is 4.52 Å². The van der Waals surface area contributed by atoms with Gasteiger partial charge < -0.3 is 14.7 Å². The van der Waals surface area contributed by atoms with E-state index < -0.39 is 0 Å². The zero-order valence-corrected chi connectivity index (χ0v) is 16.1. The maximum Gasteiger partial charge on any atom is 0.227 e. The maximum atomic E-state index is 13.7. The van der Waals surface area contributed by atoms with Gasteiger partial charge in [0, 0.05) is 38.5 Å². The second kappa shape index (κ2) is 9.77. The van der Waals surface area contributed by atoms with Crippen molar-refractivity contribution in [3.05, 3.63) is 66.1 Å². The Morgan fingerprint density at radius 3 is 2.66 bits per heavy atom. The van der Waals surface area contributed by atoms with E-state index >= 15 is 0 Å².